The first kappa shape index (κ1) is 16.2. The van der Waals surface area contributed by atoms with Gasteiger partial charge in [-0.1, -0.05) is 30.2 Å². The van der Waals surface area contributed by atoms with E-state index in [1.807, 2.05) is 18.9 Å². The molecule has 1 saturated carbocycles. The molecule has 1 aliphatic rings. The van der Waals surface area contributed by atoms with Gasteiger partial charge in [0.25, 0.3) is 5.91 Å². The number of carbonyl (C=O) groups is 1. The second kappa shape index (κ2) is 6.44. The second-order valence-electron chi connectivity index (χ2n) is 6.73. The first-order valence-corrected chi connectivity index (χ1v) is 9.08. The highest BCUT2D eigenvalue weighted by Gasteiger charge is 2.24. The Labute approximate surface area is 142 Å². The van der Waals surface area contributed by atoms with E-state index in [9.17, 15) is 4.79 Å². The molecule has 4 heteroatoms. The van der Waals surface area contributed by atoms with E-state index in [0.29, 0.717) is 5.92 Å². The van der Waals surface area contributed by atoms with Gasteiger partial charge in [0.05, 0.1) is 5.69 Å². The van der Waals surface area contributed by atoms with E-state index in [4.69, 9.17) is 0 Å². The van der Waals surface area contributed by atoms with Crippen molar-refractivity contribution in [2.45, 2.75) is 40.0 Å². The number of aromatic nitrogens is 1. The molecule has 1 fully saturated rings. The van der Waals surface area contributed by atoms with Crippen LogP contribution >= 0.6 is 11.3 Å². The first-order valence-electron chi connectivity index (χ1n) is 8.26. The van der Waals surface area contributed by atoms with E-state index in [2.05, 4.69) is 37.0 Å². The monoisotopic (exact) mass is 328 g/mol. The van der Waals surface area contributed by atoms with Crippen LogP contribution in [0.1, 0.15) is 45.8 Å². The summed E-state index contributed by atoms with van der Waals surface area (Å²) < 4.78 is 0. The van der Waals surface area contributed by atoms with E-state index in [1.54, 1.807) is 0 Å². The Morgan fingerprint density at radius 3 is 2.65 bits per heavy atom. The molecule has 0 aliphatic heterocycles. The molecule has 0 saturated heterocycles. The Morgan fingerprint density at radius 2 is 2.04 bits per heavy atom. The molecular formula is C19H24N2OS. The maximum atomic E-state index is 12.7. The summed E-state index contributed by atoms with van der Waals surface area (Å²) in [6.07, 6.45) is 3.82. The van der Waals surface area contributed by atoms with Gasteiger partial charge in [0, 0.05) is 19.2 Å². The Hall–Kier alpha value is -1.68. The summed E-state index contributed by atoms with van der Waals surface area (Å²) in [5.41, 5.74) is 4.43. The molecular weight excluding hydrogens is 304 g/mol. The van der Waals surface area contributed by atoms with Crippen molar-refractivity contribution in [1.29, 1.82) is 0 Å². The smallest absolute Gasteiger partial charge is 0.265 e. The summed E-state index contributed by atoms with van der Waals surface area (Å²) in [5, 5.41) is 0.945. The maximum Gasteiger partial charge on any atom is 0.265 e. The topological polar surface area (TPSA) is 33.2 Å². The molecule has 3 rings (SSSR count). The molecule has 1 aliphatic carbocycles. The molecule has 0 radical (unpaired) electrons. The second-order valence-corrected chi connectivity index (χ2v) is 7.73. The molecule has 0 atom stereocenters. The lowest BCUT2D eigenvalue weighted by molar-refractivity contribution is 0.0749. The summed E-state index contributed by atoms with van der Waals surface area (Å²) in [7, 11) is 1.91. The molecule has 1 amide bonds. The van der Waals surface area contributed by atoms with Gasteiger partial charge in [0.2, 0.25) is 0 Å². The molecule has 1 aromatic heterocycles. The molecule has 0 unspecified atom stereocenters. The van der Waals surface area contributed by atoms with E-state index in [-0.39, 0.29) is 5.91 Å². The van der Waals surface area contributed by atoms with Crippen LogP contribution in [0.2, 0.25) is 0 Å². The van der Waals surface area contributed by atoms with Crippen molar-refractivity contribution < 1.29 is 4.79 Å². The van der Waals surface area contributed by atoms with Crippen molar-refractivity contribution in [3.8, 4) is 10.6 Å². The van der Waals surface area contributed by atoms with Crippen LogP contribution < -0.4 is 0 Å². The lowest BCUT2D eigenvalue weighted by Gasteiger charge is -2.29. The van der Waals surface area contributed by atoms with Gasteiger partial charge in [-0.15, -0.1) is 11.3 Å². The Kier molecular flexibility index (Phi) is 4.53. The molecule has 0 N–H and O–H groups in total. The fraction of sp³-hybridized carbons (Fsp3) is 0.474. The van der Waals surface area contributed by atoms with Gasteiger partial charge in [-0.2, -0.15) is 0 Å². The summed E-state index contributed by atoms with van der Waals surface area (Å²) >= 11 is 1.52. The van der Waals surface area contributed by atoms with E-state index in [1.165, 1.54) is 41.7 Å². The van der Waals surface area contributed by atoms with Crippen molar-refractivity contribution >= 4 is 17.2 Å². The number of benzene rings is 1. The minimum absolute atomic E-state index is 0.114. The Balaban J connectivity index is 1.83. The van der Waals surface area contributed by atoms with Gasteiger partial charge in [-0.05, 0) is 45.1 Å². The average molecular weight is 328 g/mol. The lowest BCUT2D eigenvalue weighted by Crippen LogP contribution is -2.34. The zero-order valence-electron chi connectivity index (χ0n) is 14.3. The summed E-state index contributed by atoms with van der Waals surface area (Å²) in [6.45, 7) is 7.00. The van der Waals surface area contributed by atoms with Gasteiger partial charge in [-0.25, -0.2) is 4.98 Å². The van der Waals surface area contributed by atoms with Gasteiger partial charge < -0.3 is 4.90 Å². The van der Waals surface area contributed by atoms with E-state index in [0.717, 1.165) is 27.7 Å². The molecule has 122 valence electrons. The number of aryl methyl sites for hydroxylation is 3. The lowest BCUT2D eigenvalue weighted by atomic mass is 9.85. The van der Waals surface area contributed by atoms with E-state index >= 15 is 0 Å². The molecule has 1 heterocycles. The molecule has 0 bridgehead atoms. The van der Waals surface area contributed by atoms with Gasteiger partial charge >= 0.3 is 0 Å². The van der Waals surface area contributed by atoms with Crippen LogP contribution in [0.5, 0.6) is 0 Å². The minimum Gasteiger partial charge on any atom is -0.341 e. The number of hydrogen-bond acceptors (Lipinski definition) is 3. The third kappa shape index (κ3) is 3.32. The van der Waals surface area contributed by atoms with Crippen LogP contribution in [0.25, 0.3) is 10.6 Å². The van der Waals surface area contributed by atoms with Crippen LogP contribution in [0, 0.1) is 26.7 Å². The van der Waals surface area contributed by atoms with Crippen LogP contribution in [-0.2, 0) is 0 Å². The number of amides is 1. The predicted octanol–water partition coefficient (Wildman–Crippen LogP) is 4.61. The summed E-state index contributed by atoms with van der Waals surface area (Å²) in [5.74, 6) is 0.805. The van der Waals surface area contributed by atoms with Crippen LogP contribution in [0.15, 0.2) is 18.2 Å². The number of hydrogen-bond donors (Lipinski definition) is 0. The van der Waals surface area contributed by atoms with Crippen LogP contribution in [0.3, 0.4) is 0 Å². The highest BCUT2D eigenvalue weighted by molar-refractivity contribution is 7.17. The maximum absolute atomic E-state index is 12.7. The van der Waals surface area contributed by atoms with Crippen LogP contribution in [0.4, 0.5) is 0 Å². The third-order valence-electron chi connectivity index (χ3n) is 4.71. The van der Waals surface area contributed by atoms with Gasteiger partial charge in [0.1, 0.15) is 9.88 Å². The fourth-order valence-corrected chi connectivity index (χ4v) is 4.23. The first-order chi connectivity index (χ1) is 11.0. The largest absolute Gasteiger partial charge is 0.341 e. The molecule has 2 aromatic rings. The number of rotatable bonds is 4. The zero-order valence-corrected chi connectivity index (χ0v) is 15.2. The SMILES string of the molecule is Cc1ccc(-c2nc(C)c(C(=O)N(C)CC3CCC3)s2)c(C)c1. The molecule has 3 nitrogen and oxygen atoms in total. The molecule has 23 heavy (non-hydrogen) atoms. The van der Waals surface area contributed by atoms with Gasteiger partial charge in [-0.3, -0.25) is 4.79 Å². The predicted molar refractivity (Wildman–Crippen MR) is 96.1 cm³/mol. The van der Waals surface area contributed by atoms with Crippen LogP contribution in [-0.4, -0.2) is 29.4 Å². The normalized spacial score (nSPS) is 14.6. The standard InChI is InChI=1S/C19H24N2OS/c1-12-8-9-16(13(2)10-12)18-20-14(3)17(23-18)19(22)21(4)11-15-6-5-7-15/h8-10,15H,5-7,11H2,1-4H3. The number of carbonyl (C=O) groups excluding carboxylic acids is 1. The van der Waals surface area contributed by atoms with Gasteiger partial charge in [0.15, 0.2) is 0 Å². The molecule has 0 spiro atoms. The van der Waals surface area contributed by atoms with Crippen molar-refractivity contribution in [3.63, 3.8) is 0 Å². The van der Waals surface area contributed by atoms with Crippen molar-refractivity contribution in [3.05, 3.63) is 39.9 Å². The zero-order chi connectivity index (χ0) is 16.6. The quantitative estimate of drug-likeness (QED) is 0.821. The Bertz CT molecular complexity index is 731. The summed E-state index contributed by atoms with van der Waals surface area (Å²) in [4.78, 5) is 20.0. The fourth-order valence-electron chi connectivity index (χ4n) is 3.08. The third-order valence-corrected chi connectivity index (χ3v) is 5.89. The molecule has 1 aromatic carbocycles. The highest BCUT2D eigenvalue weighted by Crippen LogP contribution is 2.32. The number of thiazole rings is 1. The number of nitrogens with zero attached hydrogens (tertiary/aromatic N) is 2. The highest BCUT2D eigenvalue weighted by atomic mass is 32.1. The van der Waals surface area contributed by atoms with Crippen molar-refractivity contribution in [2.24, 2.45) is 5.92 Å². The Morgan fingerprint density at radius 1 is 1.30 bits per heavy atom. The van der Waals surface area contributed by atoms with E-state index < -0.39 is 0 Å². The average Bonchev–Trinajstić information content (AvgIpc) is 2.83. The van der Waals surface area contributed by atoms with Crippen molar-refractivity contribution in [2.75, 3.05) is 13.6 Å². The minimum atomic E-state index is 0.114. The van der Waals surface area contributed by atoms with Crippen molar-refractivity contribution in [1.82, 2.24) is 9.88 Å². The summed E-state index contributed by atoms with van der Waals surface area (Å²) in [6, 6.07) is 6.37.